The molecule has 0 aliphatic carbocycles. The molecule has 0 bridgehead atoms. The number of hydrogen-bond donors (Lipinski definition) is 2. The van der Waals surface area contributed by atoms with E-state index in [1.807, 2.05) is 5.32 Å². The molecule has 2 N–H and O–H groups in total. The van der Waals surface area contributed by atoms with Gasteiger partial charge in [-0.2, -0.15) is 8.78 Å². The van der Waals surface area contributed by atoms with Crippen molar-refractivity contribution in [2.75, 3.05) is 13.1 Å². The highest BCUT2D eigenvalue weighted by Gasteiger charge is 2.38. The van der Waals surface area contributed by atoms with Gasteiger partial charge >= 0.3 is 11.9 Å². The van der Waals surface area contributed by atoms with E-state index in [2.05, 4.69) is 0 Å². The van der Waals surface area contributed by atoms with Crippen molar-refractivity contribution in [3.05, 3.63) is 0 Å². The SMILES string of the molecule is CC(F)(F)CCNCC(F)(F)C(=O)O. The molecule has 84 valence electrons. The fourth-order valence-electron chi connectivity index (χ4n) is 0.629. The Labute approximate surface area is 78.1 Å². The van der Waals surface area contributed by atoms with Gasteiger partial charge in [-0.1, -0.05) is 0 Å². The van der Waals surface area contributed by atoms with E-state index in [-0.39, 0.29) is 6.54 Å². The Hall–Kier alpha value is -0.850. The maximum atomic E-state index is 12.3. The van der Waals surface area contributed by atoms with Gasteiger partial charge in [-0.05, 0) is 6.92 Å². The van der Waals surface area contributed by atoms with E-state index in [4.69, 9.17) is 5.11 Å². The van der Waals surface area contributed by atoms with Crippen molar-refractivity contribution in [2.24, 2.45) is 0 Å². The van der Waals surface area contributed by atoms with Gasteiger partial charge in [0.2, 0.25) is 5.92 Å². The lowest BCUT2D eigenvalue weighted by molar-refractivity contribution is -0.164. The third-order valence-electron chi connectivity index (χ3n) is 1.40. The zero-order valence-corrected chi connectivity index (χ0v) is 7.49. The zero-order chi connectivity index (χ0) is 11.4. The fourth-order valence-corrected chi connectivity index (χ4v) is 0.629. The van der Waals surface area contributed by atoms with Crippen LogP contribution in [0.2, 0.25) is 0 Å². The maximum Gasteiger partial charge on any atom is 0.375 e. The van der Waals surface area contributed by atoms with E-state index in [1.165, 1.54) is 0 Å². The van der Waals surface area contributed by atoms with E-state index in [0.717, 1.165) is 0 Å². The Morgan fingerprint density at radius 2 is 1.86 bits per heavy atom. The normalized spacial score (nSPS) is 12.9. The lowest BCUT2D eigenvalue weighted by atomic mass is 10.2. The van der Waals surface area contributed by atoms with E-state index in [9.17, 15) is 22.4 Å². The summed E-state index contributed by atoms with van der Waals surface area (Å²) in [4.78, 5) is 9.87. The Bertz CT molecular complexity index is 202. The number of rotatable bonds is 6. The lowest BCUT2D eigenvalue weighted by Crippen LogP contribution is -2.40. The number of aliphatic carboxylic acids is 1. The molecule has 0 spiro atoms. The molecule has 0 atom stereocenters. The third-order valence-corrected chi connectivity index (χ3v) is 1.40. The Morgan fingerprint density at radius 1 is 1.36 bits per heavy atom. The molecule has 0 rings (SSSR count). The molecule has 0 saturated carbocycles. The number of nitrogens with one attached hydrogen (secondary N) is 1. The van der Waals surface area contributed by atoms with Crippen LogP contribution in [0.3, 0.4) is 0 Å². The molecule has 7 heteroatoms. The van der Waals surface area contributed by atoms with Crippen LogP contribution in [0, 0.1) is 0 Å². The van der Waals surface area contributed by atoms with Crippen molar-refractivity contribution in [3.63, 3.8) is 0 Å². The number of carboxylic acids is 1. The van der Waals surface area contributed by atoms with Crippen molar-refractivity contribution in [1.82, 2.24) is 5.32 Å². The number of halogens is 4. The summed E-state index contributed by atoms with van der Waals surface area (Å²) < 4.78 is 48.9. The molecule has 0 radical (unpaired) electrons. The minimum Gasteiger partial charge on any atom is -0.477 e. The average molecular weight is 217 g/mol. The number of carboxylic acid groups (broad SMARTS) is 1. The van der Waals surface area contributed by atoms with Gasteiger partial charge in [0.05, 0.1) is 6.54 Å². The highest BCUT2D eigenvalue weighted by atomic mass is 19.3. The van der Waals surface area contributed by atoms with Gasteiger partial charge in [-0.15, -0.1) is 0 Å². The molecule has 0 aromatic rings. The van der Waals surface area contributed by atoms with Crippen LogP contribution in [0.25, 0.3) is 0 Å². The van der Waals surface area contributed by atoms with Crippen LogP contribution in [0.1, 0.15) is 13.3 Å². The molecule has 0 heterocycles. The molecule has 0 fully saturated rings. The van der Waals surface area contributed by atoms with Crippen LogP contribution in [0.4, 0.5) is 17.6 Å². The Morgan fingerprint density at radius 3 is 2.21 bits per heavy atom. The Balaban J connectivity index is 3.70. The minimum absolute atomic E-state index is 0.355. The van der Waals surface area contributed by atoms with Crippen LogP contribution < -0.4 is 5.32 Å². The molecular weight excluding hydrogens is 206 g/mol. The average Bonchev–Trinajstić information content (AvgIpc) is 1.96. The zero-order valence-electron chi connectivity index (χ0n) is 7.49. The molecule has 0 aromatic heterocycles. The molecule has 0 aliphatic heterocycles. The van der Waals surface area contributed by atoms with E-state index < -0.39 is 30.8 Å². The number of alkyl halides is 4. The Kier molecular flexibility index (Phi) is 4.31. The second-order valence-electron chi connectivity index (χ2n) is 3.01. The maximum absolute atomic E-state index is 12.3. The monoisotopic (exact) mass is 217 g/mol. The number of hydrogen-bond acceptors (Lipinski definition) is 2. The predicted molar refractivity (Wildman–Crippen MR) is 40.7 cm³/mol. The quantitative estimate of drug-likeness (QED) is 0.521. The molecule has 14 heavy (non-hydrogen) atoms. The van der Waals surface area contributed by atoms with Crippen molar-refractivity contribution in [1.29, 1.82) is 0 Å². The number of carbonyl (C=O) groups is 1. The molecule has 0 amide bonds. The first-order chi connectivity index (χ1) is 6.15. The summed E-state index contributed by atoms with van der Waals surface area (Å²) in [6.45, 7) is -0.838. The van der Waals surface area contributed by atoms with Gasteiger partial charge < -0.3 is 10.4 Å². The van der Waals surface area contributed by atoms with E-state index in [1.54, 1.807) is 0 Å². The van der Waals surface area contributed by atoms with Crippen LogP contribution in [-0.2, 0) is 4.79 Å². The van der Waals surface area contributed by atoms with Crippen LogP contribution >= 0.6 is 0 Å². The summed E-state index contributed by atoms with van der Waals surface area (Å²) in [5.74, 6) is -9.12. The fraction of sp³-hybridized carbons (Fsp3) is 0.857. The van der Waals surface area contributed by atoms with Gasteiger partial charge in [0.1, 0.15) is 0 Å². The summed E-state index contributed by atoms with van der Waals surface area (Å²) in [6, 6.07) is 0. The highest BCUT2D eigenvalue weighted by molar-refractivity contribution is 5.75. The van der Waals surface area contributed by atoms with Crippen molar-refractivity contribution >= 4 is 5.97 Å². The summed E-state index contributed by atoms with van der Waals surface area (Å²) in [6.07, 6.45) is -0.608. The standard InChI is InChI=1S/C7H11F4NO2/c1-6(8,9)2-3-12-4-7(10,11)5(13)14/h12H,2-4H2,1H3,(H,13,14). The van der Waals surface area contributed by atoms with Gasteiger partial charge in [0.15, 0.2) is 0 Å². The first-order valence-corrected chi connectivity index (χ1v) is 3.85. The summed E-state index contributed by atoms with van der Waals surface area (Å²) in [7, 11) is 0. The van der Waals surface area contributed by atoms with Gasteiger partial charge in [-0.25, -0.2) is 13.6 Å². The molecule has 0 saturated heterocycles. The van der Waals surface area contributed by atoms with Gasteiger partial charge in [0.25, 0.3) is 0 Å². The molecule has 0 aliphatic rings. The van der Waals surface area contributed by atoms with Gasteiger partial charge in [-0.3, -0.25) is 0 Å². The summed E-state index contributed by atoms with van der Waals surface area (Å²) >= 11 is 0. The largest absolute Gasteiger partial charge is 0.477 e. The topological polar surface area (TPSA) is 49.3 Å². The lowest BCUT2D eigenvalue weighted by Gasteiger charge is -2.14. The second kappa shape index (κ2) is 4.59. The van der Waals surface area contributed by atoms with Crippen molar-refractivity contribution < 1.29 is 27.5 Å². The second-order valence-corrected chi connectivity index (χ2v) is 3.01. The predicted octanol–water partition coefficient (Wildman–Crippen LogP) is 1.34. The van der Waals surface area contributed by atoms with Crippen molar-refractivity contribution in [2.45, 2.75) is 25.2 Å². The first-order valence-electron chi connectivity index (χ1n) is 3.85. The van der Waals surface area contributed by atoms with Crippen LogP contribution in [0.15, 0.2) is 0 Å². The van der Waals surface area contributed by atoms with E-state index >= 15 is 0 Å². The first kappa shape index (κ1) is 13.2. The smallest absolute Gasteiger partial charge is 0.375 e. The van der Waals surface area contributed by atoms with E-state index in [0.29, 0.717) is 6.92 Å². The molecular formula is C7H11F4NO2. The summed E-state index contributed by atoms with van der Waals surface area (Å²) in [5.41, 5.74) is 0. The molecule has 0 unspecified atom stereocenters. The van der Waals surface area contributed by atoms with Crippen molar-refractivity contribution in [3.8, 4) is 0 Å². The van der Waals surface area contributed by atoms with Gasteiger partial charge in [0, 0.05) is 13.0 Å². The summed E-state index contributed by atoms with van der Waals surface area (Å²) in [5, 5.41) is 9.92. The molecule has 3 nitrogen and oxygen atoms in total. The minimum atomic E-state index is -3.91. The van der Waals surface area contributed by atoms with Crippen LogP contribution in [0.5, 0.6) is 0 Å². The van der Waals surface area contributed by atoms with Crippen LogP contribution in [-0.4, -0.2) is 36.0 Å². The highest BCUT2D eigenvalue weighted by Crippen LogP contribution is 2.16. The molecule has 0 aromatic carbocycles. The third kappa shape index (κ3) is 5.74.